The average Bonchev–Trinajstić information content (AvgIpc) is 2.88. The van der Waals surface area contributed by atoms with Crippen LogP contribution in [-0.4, -0.2) is 56.8 Å². The second-order valence-corrected chi connectivity index (χ2v) is 7.68. The monoisotopic (exact) mass is 273 g/mol. The summed E-state index contributed by atoms with van der Waals surface area (Å²) in [4.78, 5) is 2.43. The molecule has 2 atom stereocenters. The number of nitrogens with zero attached hydrogens (tertiary/aromatic N) is 1. The lowest BCUT2D eigenvalue weighted by molar-refractivity contribution is 0.309. The highest BCUT2D eigenvalue weighted by atomic mass is 32.2. The predicted octanol–water partition coefficient (Wildman–Crippen LogP) is -0.105. The first-order valence-electron chi connectivity index (χ1n) is 7.11. The van der Waals surface area contributed by atoms with Crippen LogP contribution in [0.1, 0.15) is 32.1 Å². The summed E-state index contributed by atoms with van der Waals surface area (Å²) in [5, 5.41) is 3.25. The van der Waals surface area contributed by atoms with Crippen molar-refractivity contribution in [3.63, 3.8) is 0 Å². The molecule has 6 heteroatoms. The van der Waals surface area contributed by atoms with Crippen molar-refractivity contribution in [3.8, 4) is 0 Å². The van der Waals surface area contributed by atoms with Crippen LogP contribution in [0.4, 0.5) is 0 Å². The molecule has 3 aliphatic rings. The minimum absolute atomic E-state index is 0.151. The van der Waals surface area contributed by atoms with Gasteiger partial charge in [0.05, 0.1) is 5.75 Å². The first kappa shape index (κ1) is 12.8. The van der Waals surface area contributed by atoms with Crippen LogP contribution in [0.25, 0.3) is 0 Å². The summed E-state index contributed by atoms with van der Waals surface area (Å²) >= 11 is 0. The van der Waals surface area contributed by atoms with Gasteiger partial charge in [-0.2, -0.15) is 0 Å². The lowest BCUT2D eigenvalue weighted by Gasteiger charge is -2.21. The quantitative estimate of drug-likeness (QED) is 0.709. The molecule has 0 bridgehead atoms. The molecule has 2 N–H and O–H groups in total. The second-order valence-electron chi connectivity index (χ2n) is 5.81. The Balaban J connectivity index is 1.47. The summed E-state index contributed by atoms with van der Waals surface area (Å²) in [6.07, 6.45) is 5.74. The SMILES string of the molecule is O=S(=O)(CCNC1CC1)NC1CCN2CCCC12. The first-order chi connectivity index (χ1) is 8.64. The standard InChI is InChI=1S/C12H23N3O2S/c16-18(17,9-6-13-10-3-4-10)14-11-5-8-15-7-1-2-12(11)15/h10-14H,1-9H2. The fourth-order valence-corrected chi connectivity index (χ4v) is 4.44. The van der Waals surface area contributed by atoms with E-state index >= 15 is 0 Å². The van der Waals surface area contributed by atoms with Crippen molar-refractivity contribution in [1.82, 2.24) is 14.9 Å². The Hall–Kier alpha value is -0.170. The third-order valence-electron chi connectivity index (χ3n) is 4.32. The van der Waals surface area contributed by atoms with Crippen LogP contribution < -0.4 is 10.0 Å². The lowest BCUT2D eigenvalue weighted by Crippen LogP contribution is -2.44. The normalized spacial score (nSPS) is 32.9. The lowest BCUT2D eigenvalue weighted by atomic mass is 10.1. The molecule has 2 saturated heterocycles. The van der Waals surface area contributed by atoms with Gasteiger partial charge in [-0.05, 0) is 38.6 Å². The molecule has 0 aromatic rings. The molecular weight excluding hydrogens is 250 g/mol. The minimum atomic E-state index is -3.11. The highest BCUT2D eigenvalue weighted by Crippen LogP contribution is 2.28. The van der Waals surface area contributed by atoms with Gasteiger partial charge >= 0.3 is 0 Å². The third-order valence-corrected chi connectivity index (χ3v) is 5.72. The van der Waals surface area contributed by atoms with E-state index in [4.69, 9.17) is 0 Å². The van der Waals surface area contributed by atoms with Crippen molar-refractivity contribution in [2.24, 2.45) is 0 Å². The molecule has 0 radical (unpaired) electrons. The topological polar surface area (TPSA) is 61.4 Å². The van der Waals surface area contributed by atoms with Crippen LogP contribution in [0.15, 0.2) is 0 Å². The first-order valence-corrected chi connectivity index (χ1v) is 8.77. The van der Waals surface area contributed by atoms with Gasteiger partial charge in [0, 0.05) is 31.2 Å². The maximum Gasteiger partial charge on any atom is 0.213 e. The zero-order chi connectivity index (χ0) is 12.6. The highest BCUT2D eigenvalue weighted by Gasteiger charge is 2.38. The third kappa shape index (κ3) is 3.04. The van der Waals surface area contributed by atoms with Gasteiger partial charge < -0.3 is 5.32 Å². The number of sulfonamides is 1. The van der Waals surface area contributed by atoms with Gasteiger partial charge in [-0.1, -0.05) is 0 Å². The zero-order valence-corrected chi connectivity index (χ0v) is 11.6. The molecule has 5 nitrogen and oxygen atoms in total. The van der Waals surface area contributed by atoms with Gasteiger partial charge in [-0.15, -0.1) is 0 Å². The molecule has 3 fully saturated rings. The van der Waals surface area contributed by atoms with E-state index in [1.165, 1.54) is 19.3 Å². The predicted molar refractivity (Wildman–Crippen MR) is 70.9 cm³/mol. The van der Waals surface area contributed by atoms with E-state index < -0.39 is 10.0 Å². The van der Waals surface area contributed by atoms with Crippen molar-refractivity contribution in [1.29, 1.82) is 0 Å². The van der Waals surface area contributed by atoms with E-state index in [9.17, 15) is 8.42 Å². The molecule has 1 aliphatic carbocycles. The van der Waals surface area contributed by atoms with Gasteiger partial charge in [0.2, 0.25) is 10.0 Å². The molecule has 0 aromatic carbocycles. The largest absolute Gasteiger partial charge is 0.313 e. The van der Waals surface area contributed by atoms with E-state index in [1.807, 2.05) is 0 Å². The molecule has 0 aromatic heterocycles. The molecule has 2 heterocycles. The van der Waals surface area contributed by atoms with Gasteiger partial charge in [0.25, 0.3) is 0 Å². The molecular formula is C12H23N3O2S. The van der Waals surface area contributed by atoms with Gasteiger partial charge in [0.1, 0.15) is 0 Å². The maximum absolute atomic E-state index is 12.0. The Labute approximate surface area is 109 Å². The second kappa shape index (κ2) is 5.07. The summed E-state index contributed by atoms with van der Waals surface area (Å²) in [5.41, 5.74) is 0. The molecule has 2 aliphatic heterocycles. The number of fused-ring (bicyclic) bond motifs is 1. The van der Waals surface area contributed by atoms with Crippen LogP contribution in [0.2, 0.25) is 0 Å². The van der Waals surface area contributed by atoms with Crippen LogP contribution in [-0.2, 0) is 10.0 Å². The molecule has 0 amide bonds. The van der Waals surface area contributed by atoms with E-state index in [0.29, 0.717) is 18.6 Å². The zero-order valence-electron chi connectivity index (χ0n) is 10.8. The van der Waals surface area contributed by atoms with Crippen LogP contribution in [0.3, 0.4) is 0 Å². The Bertz CT molecular complexity index is 394. The fraction of sp³-hybridized carbons (Fsp3) is 1.00. The molecule has 2 unspecified atom stereocenters. The van der Waals surface area contributed by atoms with Crippen LogP contribution in [0, 0.1) is 0 Å². The van der Waals surface area contributed by atoms with Crippen molar-refractivity contribution in [2.45, 2.75) is 50.2 Å². The Kier molecular flexibility index (Phi) is 3.62. The number of hydrogen-bond acceptors (Lipinski definition) is 4. The average molecular weight is 273 g/mol. The summed E-state index contributed by atoms with van der Waals surface area (Å²) in [6, 6.07) is 1.19. The Morgan fingerprint density at radius 3 is 2.72 bits per heavy atom. The Morgan fingerprint density at radius 1 is 1.11 bits per heavy atom. The minimum Gasteiger partial charge on any atom is -0.313 e. The molecule has 18 heavy (non-hydrogen) atoms. The number of nitrogens with one attached hydrogen (secondary N) is 2. The molecule has 1 saturated carbocycles. The summed E-state index contributed by atoms with van der Waals surface area (Å²) in [7, 11) is -3.11. The summed E-state index contributed by atoms with van der Waals surface area (Å²) in [5.74, 6) is 0.215. The van der Waals surface area contributed by atoms with Gasteiger partial charge in [-0.25, -0.2) is 13.1 Å². The van der Waals surface area contributed by atoms with Crippen molar-refractivity contribution < 1.29 is 8.42 Å². The summed E-state index contributed by atoms with van der Waals surface area (Å²) < 4.78 is 26.9. The fourth-order valence-electron chi connectivity index (χ4n) is 3.19. The van der Waals surface area contributed by atoms with E-state index in [-0.39, 0.29) is 11.8 Å². The van der Waals surface area contributed by atoms with E-state index in [0.717, 1.165) is 25.9 Å². The van der Waals surface area contributed by atoms with Crippen LogP contribution in [0.5, 0.6) is 0 Å². The van der Waals surface area contributed by atoms with Gasteiger partial charge in [-0.3, -0.25) is 4.90 Å². The maximum atomic E-state index is 12.0. The number of rotatable bonds is 6. The smallest absolute Gasteiger partial charge is 0.213 e. The highest BCUT2D eigenvalue weighted by molar-refractivity contribution is 7.89. The summed E-state index contributed by atoms with van der Waals surface area (Å²) in [6.45, 7) is 2.78. The van der Waals surface area contributed by atoms with Crippen LogP contribution >= 0.6 is 0 Å². The molecule has 0 spiro atoms. The number of hydrogen-bond donors (Lipinski definition) is 2. The van der Waals surface area contributed by atoms with Crippen molar-refractivity contribution in [3.05, 3.63) is 0 Å². The molecule has 3 rings (SSSR count). The van der Waals surface area contributed by atoms with E-state index in [2.05, 4.69) is 14.9 Å². The van der Waals surface area contributed by atoms with Crippen molar-refractivity contribution in [2.75, 3.05) is 25.4 Å². The van der Waals surface area contributed by atoms with E-state index in [1.54, 1.807) is 0 Å². The van der Waals surface area contributed by atoms with Crippen molar-refractivity contribution >= 4 is 10.0 Å². The molecule has 104 valence electrons. The van der Waals surface area contributed by atoms with Gasteiger partial charge in [0.15, 0.2) is 0 Å². The Morgan fingerprint density at radius 2 is 1.94 bits per heavy atom.